The maximum Gasteiger partial charge on any atom is 0.270 e. The van der Waals surface area contributed by atoms with Gasteiger partial charge in [-0.1, -0.05) is 5.21 Å². The summed E-state index contributed by atoms with van der Waals surface area (Å²) < 4.78 is 9.33. The monoisotopic (exact) mass is 301 g/mol. The average molecular weight is 301 g/mol. The van der Waals surface area contributed by atoms with Crippen molar-refractivity contribution >= 4 is 0 Å². The van der Waals surface area contributed by atoms with E-state index in [4.69, 9.17) is 4.42 Å². The summed E-state index contributed by atoms with van der Waals surface area (Å²) in [6.07, 6.45) is 1.73. The van der Waals surface area contributed by atoms with Crippen LogP contribution in [0.15, 0.2) is 10.6 Å². The lowest BCUT2D eigenvalue weighted by Crippen LogP contribution is -2.24. The fourth-order valence-corrected chi connectivity index (χ4v) is 2.48. The Balaban J connectivity index is 2.06. The summed E-state index contributed by atoms with van der Waals surface area (Å²) in [6.45, 7) is 10.3. The normalized spacial score (nSPS) is 12.1. The number of hydrogen-bond donors (Lipinski definition) is 0. The van der Waals surface area contributed by atoms with E-state index in [2.05, 4.69) is 46.4 Å². The van der Waals surface area contributed by atoms with E-state index in [-0.39, 0.29) is 5.54 Å². The number of aryl methyl sites for hydroxylation is 2. The van der Waals surface area contributed by atoms with Crippen LogP contribution in [0.3, 0.4) is 0 Å². The largest absolute Gasteiger partial charge is 0.414 e. The summed E-state index contributed by atoms with van der Waals surface area (Å²) in [7, 11) is 1.79. The van der Waals surface area contributed by atoms with Gasteiger partial charge in [0, 0.05) is 12.7 Å². The highest BCUT2D eigenvalue weighted by Gasteiger charge is 2.25. The second-order valence-electron chi connectivity index (χ2n) is 6.32. The minimum Gasteiger partial charge on any atom is -0.414 e. The first-order valence-corrected chi connectivity index (χ1v) is 7.04. The molecule has 0 amide bonds. The highest BCUT2D eigenvalue weighted by Crippen LogP contribution is 2.30. The van der Waals surface area contributed by atoms with Gasteiger partial charge < -0.3 is 4.42 Å². The van der Waals surface area contributed by atoms with E-state index in [1.54, 1.807) is 17.9 Å². The first kappa shape index (κ1) is 14.4. The Morgan fingerprint density at radius 3 is 2.27 bits per heavy atom. The maximum atomic E-state index is 5.77. The molecule has 0 spiro atoms. The molecule has 3 heterocycles. The highest BCUT2D eigenvalue weighted by molar-refractivity contribution is 5.61. The molecule has 3 aromatic heterocycles. The Kier molecular flexibility index (Phi) is 3.12. The van der Waals surface area contributed by atoms with Crippen molar-refractivity contribution in [3.63, 3.8) is 0 Å². The zero-order chi connectivity index (χ0) is 16.1. The molecule has 0 atom stereocenters. The van der Waals surface area contributed by atoms with Gasteiger partial charge in [0.05, 0.1) is 23.0 Å². The smallest absolute Gasteiger partial charge is 0.270 e. The molecule has 0 bridgehead atoms. The van der Waals surface area contributed by atoms with Gasteiger partial charge in [0.2, 0.25) is 0 Å². The first-order chi connectivity index (χ1) is 10.3. The van der Waals surface area contributed by atoms with Crippen LogP contribution in [0.1, 0.15) is 32.2 Å². The van der Waals surface area contributed by atoms with E-state index in [0.717, 1.165) is 17.0 Å². The lowest BCUT2D eigenvalue weighted by Gasteiger charge is -2.21. The Labute approximate surface area is 128 Å². The molecule has 0 unspecified atom stereocenters. The third-order valence-electron chi connectivity index (χ3n) is 3.39. The third-order valence-corrected chi connectivity index (χ3v) is 3.39. The van der Waals surface area contributed by atoms with Gasteiger partial charge in [0.25, 0.3) is 11.8 Å². The van der Waals surface area contributed by atoms with E-state index in [9.17, 15) is 0 Å². The Hall–Kier alpha value is -2.51. The van der Waals surface area contributed by atoms with Crippen LogP contribution >= 0.6 is 0 Å². The van der Waals surface area contributed by atoms with E-state index >= 15 is 0 Å². The summed E-state index contributed by atoms with van der Waals surface area (Å²) in [4.78, 5) is 0. The molecule has 22 heavy (non-hydrogen) atoms. The Morgan fingerprint density at radius 1 is 1.05 bits per heavy atom. The quantitative estimate of drug-likeness (QED) is 0.720. The summed E-state index contributed by atoms with van der Waals surface area (Å²) >= 11 is 0. The molecule has 8 nitrogen and oxygen atoms in total. The van der Waals surface area contributed by atoms with Crippen LogP contribution in [0.4, 0.5) is 0 Å². The third kappa shape index (κ3) is 2.30. The number of hydrogen-bond acceptors (Lipinski definition) is 6. The van der Waals surface area contributed by atoms with E-state index in [1.165, 1.54) is 0 Å². The predicted molar refractivity (Wildman–Crippen MR) is 80.0 cm³/mol. The molecule has 3 aromatic rings. The van der Waals surface area contributed by atoms with Crippen LogP contribution in [0.2, 0.25) is 0 Å². The van der Waals surface area contributed by atoms with Crippen molar-refractivity contribution in [1.82, 2.24) is 35.0 Å². The first-order valence-electron chi connectivity index (χ1n) is 7.04. The maximum absolute atomic E-state index is 5.77. The van der Waals surface area contributed by atoms with Gasteiger partial charge >= 0.3 is 0 Å². The molecule has 0 aliphatic heterocycles. The van der Waals surface area contributed by atoms with E-state index in [1.807, 2.05) is 18.5 Å². The van der Waals surface area contributed by atoms with Gasteiger partial charge in [-0.25, -0.2) is 0 Å². The molecule has 0 aliphatic carbocycles. The Morgan fingerprint density at radius 2 is 1.73 bits per heavy atom. The molecule has 0 radical (unpaired) electrons. The number of rotatable bonds is 2. The zero-order valence-electron chi connectivity index (χ0n) is 13.6. The molecule has 3 rings (SSSR count). The lowest BCUT2D eigenvalue weighted by molar-refractivity contribution is 0.346. The average Bonchev–Trinajstić information content (AvgIpc) is 3.08. The van der Waals surface area contributed by atoms with Crippen molar-refractivity contribution in [2.24, 2.45) is 7.05 Å². The minimum absolute atomic E-state index is 0.110. The van der Waals surface area contributed by atoms with Crippen LogP contribution < -0.4 is 0 Å². The van der Waals surface area contributed by atoms with Crippen LogP contribution in [-0.2, 0) is 12.6 Å². The fraction of sp³-hybridized carbons (Fsp3) is 0.500. The van der Waals surface area contributed by atoms with Gasteiger partial charge in [-0.3, -0.25) is 9.36 Å². The number of aromatic nitrogens is 7. The molecule has 0 aromatic carbocycles. The SMILES string of the molecule is Cc1nn(C(C)(C)C)c(C)c1-c1nnc(-c2cn(C)nn2)o1. The van der Waals surface area contributed by atoms with E-state index in [0.29, 0.717) is 17.5 Å². The van der Waals surface area contributed by atoms with Crippen molar-refractivity contribution in [3.05, 3.63) is 17.6 Å². The molecule has 0 saturated carbocycles. The molecule has 0 aliphatic rings. The molecule has 0 saturated heterocycles. The van der Waals surface area contributed by atoms with Gasteiger partial charge in [-0.2, -0.15) is 5.10 Å². The van der Waals surface area contributed by atoms with Crippen molar-refractivity contribution in [2.45, 2.75) is 40.2 Å². The standard InChI is InChI=1S/C14H19N7O/c1-8-11(9(2)21(18-8)14(3,4)5)13-17-16-12(22-13)10-7-20(6)19-15-10/h7H,1-6H3. The van der Waals surface area contributed by atoms with Crippen molar-refractivity contribution in [2.75, 3.05) is 0 Å². The van der Waals surface area contributed by atoms with Crippen LogP contribution in [0.5, 0.6) is 0 Å². The molecule has 0 N–H and O–H groups in total. The molecular weight excluding hydrogens is 282 g/mol. The van der Waals surface area contributed by atoms with Crippen molar-refractivity contribution in [3.8, 4) is 23.0 Å². The molecular formula is C14H19N7O. The summed E-state index contributed by atoms with van der Waals surface area (Å²) in [5.74, 6) is 0.802. The second-order valence-corrected chi connectivity index (χ2v) is 6.32. The predicted octanol–water partition coefficient (Wildman–Crippen LogP) is 2.10. The van der Waals surface area contributed by atoms with E-state index < -0.39 is 0 Å². The van der Waals surface area contributed by atoms with Gasteiger partial charge in [0.15, 0.2) is 5.69 Å². The van der Waals surface area contributed by atoms with Gasteiger partial charge in [0.1, 0.15) is 0 Å². The van der Waals surface area contributed by atoms with Gasteiger partial charge in [-0.15, -0.1) is 15.3 Å². The zero-order valence-corrected chi connectivity index (χ0v) is 13.6. The van der Waals surface area contributed by atoms with Crippen LogP contribution in [0, 0.1) is 13.8 Å². The summed E-state index contributed by atoms with van der Waals surface area (Å²) in [5, 5.41) is 20.7. The molecule has 0 fully saturated rings. The second kappa shape index (κ2) is 4.75. The molecule has 8 heteroatoms. The fourth-order valence-electron chi connectivity index (χ4n) is 2.48. The van der Waals surface area contributed by atoms with Crippen LogP contribution in [-0.4, -0.2) is 35.0 Å². The van der Waals surface area contributed by atoms with Crippen molar-refractivity contribution < 1.29 is 4.42 Å². The number of nitrogens with zero attached hydrogens (tertiary/aromatic N) is 7. The highest BCUT2D eigenvalue weighted by atomic mass is 16.4. The summed E-state index contributed by atoms with van der Waals surface area (Å²) in [5.41, 5.74) is 3.18. The minimum atomic E-state index is -0.110. The van der Waals surface area contributed by atoms with Crippen molar-refractivity contribution in [1.29, 1.82) is 0 Å². The molecule has 116 valence electrons. The topological polar surface area (TPSA) is 87.5 Å². The lowest BCUT2D eigenvalue weighted by atomic mass is 10.1. The summed E-state index contributed by atoms with van der Waals surface area (Å²) in [6, 6.07) is 0. The Bertz CT molecular complexity index is 819. The van der Waals surface area contributed by atoms with Crippen LogP contribution in [0.25, 0.3) is 23.0 Å². The van der Waals surface area contributed by atoms with Gasteiger partial charge in [-0.05, 0) is 34.6 Å².